The first-order valence-corrected chi connectivity index (χ1v) is 5.08. The number of allylic oxidation sites excluding steroid dienone is 1. The van der Waals surface area contributed by atoms with Gasteiger partial charge in [-0.3, -0.25) is 0 Å². The molecule has 78 valence electrons. The van der Waals surface area contributed by atoms with E-state index in [2.05, 4.69) is 0 Å². The van der Waals surface area contributed by atoms with E-state index in [1.165, 1.54) is 0 Å². The van der Waals surface area contributed by atoms with Gasteiger partial charge in [-0.2, -0.15) is 5.26 Å². The Morgan fingerprint density at radius 3 is 2.57 bits per heavy atom. The third-order valence-electron chi connectivity index (χ3n) is 1.49. The van der Waals surface area contributed by atoms with Crippen LogP contribution in [0.4, 0.5) is 0 Å². The highest BCUT2D eigenvalue weighted by Gasteiger charge is 2.17. The summed E-state index contributed by atoms with van der Waals surface area (Å²) >= 11 is 0.747. The number of esters is 1. The van der Waals surface area contributed by atoms with E-state index in [0.29, 0.717) is 5.70 Å². The molecule has 5 heteroatoms. The Kier molecular flexibility index (Phi) is 5.81. The van der Waals surface area contributed by atoms with Crippen molar-refractivity contribution in [1.82, 2.24) is 0 Å². The second-order valence-electron chi connectivity index (χ2n) is 2.85. The van der Waals surface area contributed by atoms with Crippen molar-refractivity contribution < 1.29 is 9.53 Å². The maximum absolute atomic E-state index is 11.3. The zero-order chi connectivity index (χ0) is 11.1. The van der Waals surface area contributed by atoms with E-state index in [9.17, 15) is 4.79 Å². The van der Waals surface area contributed by atoms with E-state index in [4.69, 9.17) is 15.7 Å². The molecule has 0 aliphatic heterocycles. The number of hydrogen-bond acceptors (Lipinski definition) is 5. The summed E-state index contributed by atoms with van der Waals surface area (Å²) in [5.74, 6) is -0.500. The number of rotatable bonds is 4. The summed E-state index contributed by atoms with van der Waals surface area (Å²) < 4.78 is 4.78. The molecule has 0 saturated carbocycles. The predicted molar refractivity (Wildman–Crippen MR) is 55.9 cm³/mol. The zero-order valence-corrected chi connectivity index (χ0v) is 9.35. The van der Waals surface area contributed by atoms with Gasteiger partial charge in [0.15, 0.2) is 0 Å². The van der Waals surface area contributed by atoms with E-state index in [1.54, 1.807) is 6.92 Å². The van der Waals surface area contributed by atoms with Crippen molar-refractivity contribution >= 4 is 17.7 Å². The van der Waals surface area contributed by atoms with Gasteiger partial charge in [0.05, 0.1) is 6.61 Å². The van der Waals surface area contributed by atoms with Gasteiger partial charge in [0.1, 0.15) is 10.3 Å². The Bertz CT molecular complexity index is 279. The largest absolute Gasteiger partial charge is 0.462 e. The van der Waals surface area contributed by atoms with Gasteiger partial charge in [0.25, 0.3) is 0 Å². The van der Waals surface area contributed by atoms with Gasteiger partial charge in [0, 0.05) is 5.70 Å². The third kappa shape index (κ3) is 3.71. The quantitative estimate of drug-likeness (QED) is 0.437. The molecule has 0 aliphatic rings. The molecule has 0 spiro atoms. The molecule has 0 radical (unpaired) electrons. The minimum atomic E-state index is -0.523. The molecular formula is C9H14N2O2S. The normalized spacial score (nSPS) is 11.9. The highest BCUT2D eigenvalue weighted by atomic mass is 32.2. The summed E-state index contributed by atoms with van der Waals surface area (Å²) in [6.45, 7) is 5.69. The van der Waals surface area contributed by atoms with Crippen LogP contribution < -0.4 is 5.73 Å². The molecule has 0 atom stereocenters. The van der Waals surface area contributed by atoms with Gasteiger partial charge in [-0.15, -0.1) is 0 Å². The lowest BCUT2D eigenvalue weighted by atomic mass is 10.1. The van der Waals surface area contributed by atoms with E-state index in [-0.39, 0.29) is 17.4 Å². The lowest BCUT2D eigenvalue weighted by molar-refractivity contribution is -0.137. The van der Waals surface area contributed by atoms with Crippen molar-refractivity contribution in [1.29, 1.82) is 5.26 Å². The number of ether oxygens (including phenoxy) is 1. The Labute approximate surface area is 88.1 Å². The van der Waals surface area contributed by atoms with Gasteiger partial charge in [0.2, 0.25) is 0 Å². The number of carbonyl (C=O) groups is 1. The molecule has 0 saturated heterocycles. The molecule has 0 rings (SSSR count). The molecule has 0 unspecified atom stereocenters. The van der Waals surface area contributed by atoms with Crippen LogP contribution in [0.5, 0.6) is 0 Å². The van der Waals surface area contributed by atoms with Crippen molar-refractivity contribution in [3.05, 3.63) is 10.6 Å². The van der Waals surface area contributed by atoms with Crippen LogP contribution in [0.2, 0.25) is 0 Å². The molecule has 4 nitrogen and oxygen atoms in total. The average molecular weight is 214 g/mol. The topological polar surface area (TPSA) is 76.1 Å². The fourth-order valence-electron chi connectivity index (χ4n) is 0.723. The SMILES string of the molecule is CCOC(=O)C(SC#N)=C(N)C(C)C. The average Bonchev–Trinajstić information content (AvgIpc) is 2.13. The number of nitrogens with two attached hydrogens (primary N) is 1. The summed E-state index contributed by atoms with van der Waals surface area (Å²) in [6.07, 6.45) is 0. The van der Waals surface area contributed by atoms with Gasteiger partial charge in [-0.1, -0.05) is 13.8 Å². The van der Waals surface area contributed by atoms with Gasteiger partial charge < -0.3 is 10.5 Å². The number of carbonyl (C=O) groups excluding carboxylic acids is 1. The van der Waals surface area contributed by atoms with E-state index in [1.807, 2.05) is 19.2 Å². The van der Waals surface area contributed by atoms with Crippen molar-refractivity contribution in [2.75, 3.05) is 6.61 Å². The summed E-state index contributed by atoms with van der Waals surface area (Å²) in [4.78, 5) is 11.5. The highest BCUT2D eigenvalue weighted by Crippen LogP contribution is 2.21. The first kappa shape index (κ1) is 12.8. The van der Waals surface area contributed by atoms with E-state index >= 15 is 0 Å². The first-order chi connectivity index (χ1) is 6.54. The molecule has 0 bridgehead atoms. The summed E-state index contributed by atoms with van der Waals surface area (Å²) in [7, 11) is 0. The first-order valence-electron chi connectivity index (χ1n) is 4.27. The predicted octanol–water partition coefficient (Wildman–Crippen LogP) is 1.59. The Morgan fingerprint density at radius 1 is 1.64 bits per heavy atom. The molecule has 0 aliphatic carbocycles. The fraction of sp³-hybridized carbons (Fsp3) is 0.556. The molecule has 0 fully saturated rings. The molecule has 0 aromatic heterocycles. The molecule has 0 aromatic carbocycles. The molecule has 14 heavy (non-hydrogen) atoms. The van der Waals surface area contributed by atoms with Crippen molar-refractivity contribution in [3.8, 4) is 5.40 Å². The van der Waals surface area contributed by atoms with Gasteiger partial charge >= 0.3 is 5.97 Å². The van der Waals surface area contributed by atoms with Crippen LogP contribution in [-0.4, -0.2) is 12.6 Å². The maximum atomic E-state index is 11.3. The zero-order valence-electron chi connectivity index (χ0n) is 8.53. The van der Waals surface area contributed by atoms with E-state index in [0.717, 1.165) is 11.8 Å². The van der Waals surface area contributed by atoms with Crippen LogP contribution in [0.15, 0.2) is 10.6 Å². The lowest BCUT2D eigenvalue weighted by Crippen LogP contribution is -2.15. The number of thioether (sulfide) groups is 1. The van der Waals surface area contributed by atoms with Crippen molar-refractivity contribution in [2.24, 2.45) is 11.7 Å². The second kappa shape index (κ2) is 6.33. The van der Waals surface area contributed by atoms with Crippen molar-refractivity contribution in [3.63, 3.8) is 0 Å². The van der Waals surface area contributed by atoms with Crippen LogP contribution in [0.3, 0.4) is 0 Å². The molecular weight excluding hydrogens is 200 g/mol. The highest BCUT2D eigenvalue weighted by molar-refractivity contribution is 8.08. The second-order valence-corrected chi connectivity index (χ2v) is 3.65. The van der Waals surface area contributed by atoms with Crippen LogP contribution in [-0.2, 0) is 9.53 Å². The third-order valence-corrected chi connectivity index (χ3v) is 2.19. The molecule has 0 heterocycles. The lowest BCUT2D eigenvalue weighted by Gasteiger charge is -2.10. The smallest absolute Gasteiger partial charge is 0.347 e. The Balaban J connectivity index is 4.85. The maximum Gasteiger partial charge on any atom is 0.347 e. The minimum Gasteiger partial charge on any atom is -0.462 e. The summed E-state index contributed by atoms with van der Waals surface area (Å²) in [6, 6.07) is 0. The molecule has 2 N–H and O–H groups in total. The van der Waals surface area contributed by atoms with Crippen LogP contribution >= 0.6 is 11.8 Å². The monoisotopic (exact) mass is 214 g/mol. The standard InChI is InChI=1S/C9H14N2O2S/c1-4-13-9(12)8(14-5-10)7(11)6(2)3/h6H,4,11H2,1-3H3. The number of hydrogen-bond donors (Lipinski definition) is 1. The van der Waals surface area contributed by atoms with Crippen LogP contribution in [0.1, 0.15) is 20.8 Å². The van der Waals surface area contributed by atoms with Crippen molar-refractivity contribution in [2.45, 2.75) is 20.8 Å². The summed E-state index contributed by atoms with van der Waals surface area (Å²) in [5.41, 5.74) is 6.08. The Hall–Kier alpha value is -1.15. The van der Waals surface area contributed by atoms with E-state index < -0.39 is 5.97 Å². The van der Waals surface area contributed by atoms with Gasteiger partial charge in [-0.05, 0) is 24.6 Å². The summed E-state index contributed by atoms with van der Waals surface area (Å²) in [5, 5.41) is 10.3. The molecule has 0 amide bonds. The number of nitriles is 1. The van der Waals surface area contributed by atoms with Crippen LogP contribution in [0, 0.1) is 16.6 Å². The fourth-order valence-corrected chi connectivity index (χ4v) is 1.31. The number of nitrogens with zero attached hydrogens (tertiary/aromatic N) is 1. The minimum absolute atomic E-state index is 0.0234. The molecule has 0 aromatic rings. The number of thiocyanates is 1. The Morgan fingerprint density at radius 2 is 2.21 bits per heavy atom. The van der Waals surface area contributed by atoms with Gasteiger partial charge in [-0.25, -0.2) is 4.79 Å². The van der Waals surface area contributed by atoms with Crippen LogP contribution in [0.25, 0.3) is 0 Å².